The molecule has 0 saturated carbocycles. The number of rotatable bonds is 9. The molecule has 0 aliphatic heterocycles. The molecule has 34 heavy (non-hydrogen) atoms. The number of imidazole rings is 1. The van der Waals surface area contributed by atoms with Crippen molar-refractivity contribution in [2.45, 2.75) is 27.3 Å². The van der Waals surface area contributed by atoms with Crippen LogP contribution in [-0.2, 0) is 22.1 Å². The van der Waals surface area contributed by atoms with E-state index >= 15 is 0 Å². The summed E-state index contributed by atoms with van der Waals surface area (Å²) in [5, 5.41) is 1.00. The monoisotopic (exact) mass is 532 g/mol. The summed E-state index contributed by atoms with van der Waals surface area (Å²) >= 11 is 13.9. The molecule has 0 amide bonds. The number of hydrogen-bond donors (Lipinski definition) is 0. The predicted octanol–water partition coefficient (Wildman–Crippen LogP) is 6.71. The lowest BCUT2D eigenvalue weighted by Gasteiger charge is -2.18. The zero-order chi connectivity index (χ0) is 24.1. The fourth-order valence-corrected chi connectivity index (χ4v) is 6.34. The first-order valence-electron chi connectivity index (χ1n) is 10.4. The molecule has 1 heterocycles. The second kappa shape index (κ2) is 10.9. The van der Waals surface area contributed by atoms with Crippen molar-refractivity contribution in [3.8, 4) is 5.75 Å². The number of aromatic nitrogens is 2. The summed E-state index contributed by atoms with van der Waals surface area (Å²) in [6.07, 6.45) is 5.39. The molecular weight excluding hydrogens is 511 g/mol. The van der Waals surface area contributed by atoms with E-state index < -0.39 is 9.84 Å². The van der Waals surface area contributed by atoms with E-state index in [2.05, 4.69) is 4.98 Å². The van der Waals surface area contributed by atoms with Crippen molar-refractivity contribution in [1.82, 2.24) is 9.55 Å². The van der Waals surface area contributed by atoms with Crippen molar-refractivity contribution in [2.75, 3.05) is 7.11 Å². The number of ether oxygens (including phenoxy) is 1. The average molecular weight is 534 g/mol. The smallest absolute Gasteiger partial charge is 0.182 e. The van der Waals surface area contributed by atoms with Crippen LogP contribution in [0.5, 0.6) is 5.75 Å². The van der Waals surface area contributed by atoms with Crippen LogP contribution in [0.1, 0.15) is 16.4 Å². The number of methoxy groups -OCH3 is 1. The van der Waals surface area contributed by atoms with Gasteiger partial charge in [-0.15, -0.1) is 11.8 Å². The molecule has 176 valence electrons. The van der Waals surface area contributed by atoms with E-state index in [9.17, 15) is 8.42 Å². The third-order valence-corrected chi connectivity index (χ3v) is 8.91. The summed E-state index contributed by atoms with van der Waals surface area (Å²) < 4.78 is 33.1. The topological polar surface area (TPSA) is 61.2 Å². The zero-order valence-corrected chi connectivity index (χ0v) is 21.4. The van der Waals surface area contributed by atoms with Gasteiger partial charge in [-0.05, 0) is 53.6 Å². The molecule has 0 bridgehead atoms. The van der Waals surface area contributed by atoms with E-state index in [1.807, 2.05) is 35.0 Å². The third kappa shape index (κ3) is 6.16. The summed E-state index contributed by atoms with van der Waals surface area (Å²) in [4.78, 5) is 5.38. The second-order valence-electron chi connectivity index (χ2n) is 7.62. The standard InChI is InChI=1S/C25H22Cl2N2O3S2/c1-32-20-6-2-18(3-7-20)16-34(30,31)22-9-4-19(5-10-22)25(15-29-13-12-28-17-29)33-21-8-11-23(26)24(27)14-21/h2-14,17,25H,15-16H2,1H3. The minimum atomic E-state index is -3.49. The molecule has 0 spiro atoms. The van der Waals surface area contributed by atoms with E-state index in [1.54, 1.807) is 73.9 Å². The van der Waals surface area contributed by atoms with Gasteiger partial charge in [0.25, 0.3) is 0 Å². The maximum Gasteiger partial charge on any atom is 0.182 e. The molecule has 0 radical (unpaired) electrons. The van der Waals surface area contributed by atoms with Gasteiger partial charge in [0.15, 0.2) is 9.84 Å². The number of benzene rings is 3. The number of hydrogen-bond acceptors (Lipinski definition) is 5. The van der Waals surface area contributed by atoms with Crippen LogP contribution in [-0.4, -0.2) is 25.1 Å². The third-order valence-electron chi connectivity index (χ3n) is 5.23. The van der Waals surface area contributed by atoms with Crippen molar-refractivity contribution in [3.05, 3.63) is 107 Å². The Morgan fingerprint density at radius 2 is 1.74 bits per heavy atom. The first kappa shape index (κ1) is 24.7. The van der Waals surface area contributed by atoms with Gasteiger partial charge >= 0.3 is 0 Å². The molecule has 1 atom stereocenters. The first-order chi connectivity index (χ1) is 16.3. The molecule has 0 fully saturated rings. The number of thioether (sulfide) groups is 1. The van der Waals surface area contributed by atoms with E-state index in [0.717, 1.165) is 10.5 Å². The second-order valence-corrected chi connectivity index (χ2v) is 11.7. The van der Waals surface area contributed by atoms with Crippen LogP contribution in [0.3, 0.4) is 0 Å². The van der Waals surface area contributed by atoms with Gasteiger partial charge in [0.2, 0.25) is 0 Å². The van der Waals surface area contributed by atoms with Gasteiger partial charge in [-0.1, -0.05) is 47.5 Å². The highest BCUT2D eigenvalue weighted by Crippen LogP contribution is 2.39. The van der Waals surface area contributed by atoms with Crippen LogP contribution in [0.15, 0.2) is 95.2 Å². The van der Waals surface area contributed by atoms with Crippen LogP contribution >= 0.6 is 35.0 Å². The molecule has 4 rings (SSSR count). The molecule has 9 heteroatoms. The minimum absolute atomic E-state index is 0.00443. The molecular formula is C25H22Cl2N2O3S2. The number of nitrogens with zero attached hydrogens (tertiary/aromatic N) is 2. The maximum atomic E-state index is 13.0. The average Bonchev–Trinajstić information content (AvgIpc) is 3.35. The predicted molar refractivity (Wildman–Crippen MR) is 138 cm³/mol. The van der Waals surface area contributed by atoms with Crippen molar-refractivity contribution in [3.63, 3.8) is 0 Å². The van der Waals surface area contributed by atoms with Gasteiger partial charge in [0, 0.05) is 23.8 Å². The van der Waals surface area contributed by atoms with Gasteiger partial charge < -0.3 is 9.30 Å². The highest BCUT2D eigenvalue weighted by Gasteiger charge is 2.19. The Morgan fingerprint density at radius 3 is 2.35 bits per heavy atom. The van der Waals surface area contributed by atoms with Crippen molar-refractivity contribution >= 4 is 44.8 Å². The maximum absolute atomic E-state index is 13.0. The van der Waals surface area contributed by atoms with Crippen LogP contribution in [0.2, 0.25) is 10.0 Å². The Bertz CT molecular complexity index is 1340. The molecule has 0 saturated heterocycles. The number of sulfone groups is 1. The quantitative estimate of drug-likeness (QED) is 0.224. The summed E-state index contributed by atoms with van der Waals surface area (Å²) in [6.45, 7) is 0.656. The van der Waals surface area contributed by atoms with Crippen LogP contribution in [0, 0.1) is 0 Å². The van der Waals surface area contributed by atoms with Crippen LogP contribution in [0.25, 0.3) is 0 Å². The summed E-state index contributed by atoms with van der Waals surface area (Å²) in [5.41, 5.74) is 1.70. The molecule has 4 aromatic rings. The SMILES string of the molecule is COc1ccc(CS(=O)(=O)c2ccc(C(Cn3ccnc3)Sc3ccc(Cl)c(Cl)c3)cc2)cc1. The van der Waals surface area contributed by atoms with Crippen LogP contribution < -0.4 is 4.74 Å². The molecule has 0 aliphatic rings. The van der Waals surface area contributed by atoms with E-state index in [0.29, 0.717) is 27.9 Å². The van der Waals surface area contributed by atoms with Gasteiger partial charge in [-0.3, -0.25) is 0 Å². The Kier molecular flexibility index (Phi) is 7.88. The Hall–Kier alpha value is -2.45. The summed E-state index contributed by atoms with van der Waals surface area (Å²) in [5.74, 6) is 0.612. The van der Waals surface area contributed by atoms with Gasteiger partial charge in [0.05, 0.1) is 39.4 Å². The van der Waals surface area contributed by atoms with Crippen molar-refractivity contribution in [1.29, 1.82) is 0 Å². The van der Waals surface area contributed by atoms with Crippen molar-refractivity contribution < 1.29 is 13.2 Å². The van der Waals surface area contributed by atoms with Crippen LogP contribution in [0.4, 0.5) is 0 Å². The Labute approximate surface area is 213 Å². The lowest BCUT2D eigenvalue weighted by Crippen LogP contribution is -2.07. The molecule has 1 unspecified atom stereocenters. The largest absolute Gasteiger partial charge is 0.497 e. The summed E-state index contributed by atoms with van der Waals surface area (Å²) in [7, 11) is -1.91. The fraction of sp³-hybridized carbons (Fsp3) is 0.160. The van der Waals surface area contributed by atoms with E-state index in [1.165, 1.54) is 0 Å². The highest BCUT2D eigenvalue weighted by molar-refractivity contribution is 7.99. The molecule has 5 nitrogen and oxygen atoms in total. The molecule has 3 aromatic carbocycles. The van der Waals surface area contributed by atoms with E-state index in [-0.39, 0.29) is 15.9 Å². The lowest BCUT2D eigenvalue weighted by atomic mass is 10.1. The Balaban J connectivity index is 1.56. The number of halogens is 2. The fourth-order valence-electron chi connectivity index (χ4n) is 3.43. The highest BCUT2D eigenvalue weighted by atomic mass is 35.5. The van der Waals surface area contributed by atoms with Gasteiger partial charge in [0.1, 0.15) is 5.75 Å². The Morgan fingerprint density at radius 1 is 1.00 bits per heavy atom. The van der Waals surface area contributed by atoms with E-state index in [4.69, 9.17) is 27.9 Å². The van der Waals surface area contributed by atoms with Gasteiger partial charge in [-0.25, -0.2) is 13.4 Å². The molecule has 1 aromatic heterocycles. The normalized spacial score (nSPS) is 12.4. The zero-order valence-electron chi connectivity index (χ0n) is 18.3. The molecule has 0 aliphatic carbocycles. The van der Waals surface area contributed by atoms with Crippen molar-refractivity contribution in [2.24, 2.45) is 0 Å². The van der Waals surface area contributed by atoms with Gasteiger partial charge in [-0.2, -0.15) is 0 Å². The molecule has 0 N–H and O–H groups in total. The lowest BCUT2D eigenvalue weighted by molar-refractivity contribution is 0.414. The summed E-state index contributed by atoms with van der Waals surface area (Å²) in [6, 6.07) is 19.7. The minimum Gasteiger partial charge on any atom is -0.497 e. The first-order valence-corrected chi connectivity index (χ1v) is 13.7.